The molecule has 0 aliphatic heterocycles. The highest BCUT2D eigenvalue weighted by Gasteiger charge is 2.22. The molecule has 27 heavy (non-hydrogen) atoms. The zero-order valence-electron chi connectivity index (χ0n) is 17.4. The van der Waals surface area contributed by atoms with E-state index < -0.39 is 0 Å². The van der Waals surface area contributed by atoms with Crippen molar-refractivity contribution in [3.63, 3.8) is 0 Å². The van der Waals surface area contributed by atoms with Crippen LogP contribution in [-0.4, -0.2) is 64.0 Å². The molecule has 7 heteroatoms. The monoisotopic (exact) mass is 386 g/mol. The number of Topliss-reactive ketones (excluding diaryl/α,β-unsaturated/α-hetero) is 1. The van der Waals surface area contributed by atoms with Crippen LogP contribution in [0.2, 0.25) is 0 Å². The van der Waals surface area contributed by atoms with Gasteiger partial charge in [-0.1, -0.05) is 13.8 Å². The lowest BCUT2D eigenvalue weighted by molar-refractivity contribution is -0.124. The van der Waals surface area contributed by atoms with Crippen LogP contribution < -0.4 is 10.6 Å². The maximum Gasteiger partial charge on any atom is 0.222 e. The Hall–Kier alpha value is -1.31. The zero-order chi connectivity index (χ0) is 20.5. The molecule has 1 amide bonds. The maximum atomic E-state index is 11.1. The van der Waals surface area contributed by atoms with Crippen LogP contribution in [-0.2, 0) is 23.9 Å². The van der Waals surface area contributed by atoms with Gasteiger partial charge in [0.15, 0.2) is 0 Å². The third-order valence-electron chi connectivity index (χ3n) is 4.53. The zero-order valence-corrected chi connectivity index (χ0v) is 17.4. The molecule has 1 fully saturated rings. The second kappa shape index (κ2) is 16.8. The summed E-state index contributed by atoms with van der Waals surface area (Å²) in [5.74, 6) is 0.775. The molecule has 0 aromatic heterocycles. The van der Waals surface area contributed by atoms with Crippen molar-refractivity contribution >= 4 is 18.0 Å². The fourth-order valence-corrected chi connectivity index (χ4v) is 2.69. The summed E-state index contributed by atoms with van der Waals surface area (Å²) in [5.41, 5.74) is 0. The first kappa shape index (κ1) is 25.7. The van der Waals surface area contributed by atoms with Gasteiger partial charge < -0.3 is 24.9 Å². The number of carbonyl (C=O) groups excluding carboxylic acids is 3. The van der Waals surface area contributed by atoms with Crippen LogP contribution in [0.4, 0.5) is 0 Å². The summed E-state index contributed by atoms with van der Waals surface area (Å²) in [6.07, 6.45) is 5.75. The average Bonchev–Trinajstić information content (AvgIpc) is 2.67. The van der Waals surface area contributed by atoms with E-state index in [1.165, 1.54) is 12.8 Å². The van der Waals surface area contributed by atoms with E-state index in [-0.39, 0.29) is 11.8 Å². The molecule has 0 aromatic carbocycles. The summed E-state index contributed by atoms with van der Waals surface area (Å²) in [6, 6.07) is 0.658. The lowest BCUT2D eigenvalue weighted by Crippen LogP contribution is -2.31. The Kier molecular flexibility index (Phi) is 16.0. The molecule has 1 aliphatic rings. The third kappa shape index (κ3) is 14.4. The lowest BCUT2D eigenvalue weighted by atomic mass is 9.84. The number of ether oxygens (including phenoxy) is 2. The molecular weight excluding hydrogens is 348 g/mol. The molecule has 1 saturated carbocycles. The molecule has 0 aromatic rings. The Morgan fingerprint density at radius 1 is 1.04 bits per heavy atom. The Labute approximate surface area is 163 Å². The molecule has 7 nitrogen and oxygen atoms in total. The Morgan fingerprint density at radius 3 is 2.11 bits per heavy atom. The van der Waals surface area contributed by atoms with Crippen LogP contribution in [0, 0.1) is 11.8 Å². The number of rotatable bonds is 12. The van der Waals surface area contributed by atoms with E-state index in [0.717, 1.165) is 19.1 Å². The molecule has 158 valence electrons. The second-order valence-corrected chi connectivity index (χ2v) is 7.07. The smallest absolute Gasteiger partial charge is 0.222 e. The van der Waals surface area contributed by atoms with Crippen molar-refractivity contribution in [1.29, 1.82) is 0 Å². The molecular formula is C20H38N2O5. The van der Waals surface area contributed by atoms with Gasteiger partial charge in [0.1, 0.15) is 12.1 Å². The first-order valence-electron chi connectivity index (χ1n) is 9.96. The fourth-order valence-electron chi connectivity index (χ4n) is 2.69. The van der Waals surface area contributed by atoms with E-state index in [1.54, 1.807) is 6.92 Å². The van der Waals surface area contributed by atoms with Gasteiger partial charge in [-0.15, -0.1) is 0 Å². The summed E-state index contributed by atoms with van der Waals surface area (Å²) in [6.45, 7) is 7.80. The SMILES string of the molecule is CC(C)C(=O)NCCOCCOCCC=O.CNC1CCC(C(C)=O)CC1. The summed E-state index contributed by atoms with van der Waals surface area (Å²) < 4.78 is 10.3. The third-order valence-corrected chi connectivity index (χ3v) is 4.53. The largest absolute Gasteiger partial charge is 0.379 e. The van der Waals surface area contributed by atoms with Crippen molar-refractivity contribution < 1.29 is 23.9 Å². The molecule has 2 N–H and O–H groups in total. The quantitative estimate of drug-likeness (QED) is 0.392. The molecule has 1 aliphatic carbocycles. The summed E-state index contributed by atoms with van der Waals surface area (Å²) in [5, 5.41) is 5.99. The number of carbonyl (C=O) groups is 3. The lowest BCUT2D eigenvalue weighted by Gasteiger charge is -2.26. The van der Waals surface area contributed by atoms with E-state index in [2.05, 4.69) is 10.6 Å². The van der Waals surface area contributed by atoms with Crippen molar-refractivity contribution in [2.75, 3.05) is 40.0 Å². The van der Waals surface area contributed by atoms with Gasteiger partial charge in [0, 0.05) is 30.8 Å². The minimum absolute atomic E-state index is 0.00618. The number of amides is 1. The maximum absolute atomic E-state index is 11.1. The van der Waals surface area contributed by atoms with Crippen molar-refractivity contribution in [2.45, 2.75) is 58.9 Å². The van der Waals surface area contributed by atoms with E-state index in [1.807, 2.05) is 20.9 Å². The van der Waals surface area contributed by atoms with E-state index in [9.17, 15) is 14.4 Å². The number of ketones is 1. The van der Waals surface area contributed by atoms with Gasteiger partial charge in [-0.2, -0.15) is 0 Å². The van der Waals surface area contributed by atoms with Gasteiger partial charge in [-0.3, -0.25) is 9.59 Å². The fraction of sp³-hybridized carbons (Fsp3) is 0.850. The molecule has 1 rings (SSSR count). The molecule has 0 heterocycles. The average molecular weight is 387 g/mol. The van der Waals surface area contributed by atoms with Crippen LogP contribution in [0.5, 0.6) is 0 Å². The topological polar surface area (TPSA) is 93.7 Å². The molecule has 0 bridgehead atoms. The Bertz CT molecular complexity index is 407. The summed E-state index contributed by atoms with van der Waals surface area (Å²) in [4.78, 5) is 32.0. The van der Waals surface area contributed by atoms with Crippen molar-refractivity contribution in [3.05, 3.63) is 0 Å². The van der Waals surface area contributed by atoms with Gasteiger partial charge in [-0.05, 0) is 39.7 Å². The molecule has 0 unspecified atom stereocenters. The minimum atomic E-state index is 0.00618. The number of hydrogen-bond acceptors (Lipinski definition) is 6. The van der Waals surface area contributed by atoms with Crippen LogP contribution in [0.3, 0.4) is 0 Å². The minimum Gasteiger partial charge on any atom is -0.379 e. The molecule has 0 atom stereocenters. The van der Waals surface area contributed by atoms with Gasteiger partial charge in [0.2, 0.25) is 5.91 Å². The van der Waals surface area contributed by atoms with Crippen molar-refractivity contribution in [3.8, 4) is 0 Å². The van der Waals surface area contributed by atoms with E-state index >= 15 is 0 Å². The van der Waals surface area contributed by atoms with Gasteiger partial charge >= 0.3 is 0 Å². The van der Waals surface area contributed by atoms with Gasteiger partial charge in [-0.25, -0.2) is 0 Å². The van der Waals surface area contributed by atoms with E-state index in [0.29, 0.717) is 57.1 Å². The molecule has 0 spiro atoms. The standard InChI is InChI=1S/C11H21NO4.C9H17NO/c1-10(2)11(14)12-4-7-16-9-8-15-6-3-5-13;1-7(11)8-3-5-9(10-2)6-4-8/h5,10H,3-4,6-9H2,1-2H3,(H,12,14);8-10H,3-6H2,1-2H3. The first-order chi connectivity index (χ1) is 12.9. The van der Waals surface area contributed by atoms with Crippen LogP contribution in [0.25, 0.3) is 0 Å². The number of nitrogens with one attached hydrogen (secondary N) is 2. The molecule has 0 radical (unpaired) electrons. The Morgan fingerprint density at radius 2 is 1.63 bits per heavy atom. The summed E-state index contributed by atoms with van der Waals surface area (Å²) in [7, 11) is 2.00. The van der Waals surface area contributed by atoms with Crippen LogP contribution in [0.15, 0.2) is 0 Å². The van der Waals surface area contributed by atoms with Crippen molar-refractivity contribution in [1.82, 2.24) is 10.6 Å². The van der Waals surface area contributed by atoms with E-state index in [4.69, 9.17) is 9.47 Å². The normalized spacial score (nSPS) is 19.1. The first-order valence-corrected chi connectivity index (χ1v) is 9.96. The highest BCUT2D eigenvalue weighted by Crippen LogP contribution is 2.24. The predicted octanol–water partition coefficient (Wildman–Crippen LogP) is 1.73. The predicted molar refractivity (Wildman–Crippen MR) is 106 cm³/mol. The highest BCUT2D eigenvalue weighted by molar-refractivity contribution is 5.78. The van der Waals surface area contributed by atoms with Crippen LogP contribution >= 0.6 is 0 Å². The summed E-state index contributed by atoms with van der Waals surface area (Å²) >= 11 is 0. The van der Waals surface area contributed by atoms with Crippen LogP contribution in [0.1, 0.15) is 52.9 Å². The number of hydrogen-bond donors (Lipinski definition) is 2. The number of aldehydes is 1. The Balaban J connectivity index is 0.000000533. The van der Waals surface area contributed by atoms with Crippen molar-refractivity contribution in [2.24, 2.45) is 11.8 Å². The molecule has 0 saturated heterocycles. The second-order valence-electron chi connectivity index (χ2n) is 7.07. The van der Waals surface area contributed by atoms with Gasteiger partial charge in [0.05, 0.1) is 26.4 Å². The highest BCUT2D eigenvalue weighted by atomic mass is 16.5. The van der Waals surface area contributed by atoms with Gasteiger partial charge in [0.25, 0.3) is 0 Å².